The lowest BCUT2D eigenvalue weighted by Gasteiger charge is -2.27. The van der Waals surface area contributed by atoms with Crippen LogP contribution in [0, 0.1) is 6.92 Å². The van der Waals surface area contributed by atoms with Gasteiger partial charge < -0.3 is 10.1 Å². The molecule has 18 heavy (non-hydrogen) atoms. The summed E-state index contributed by atoms with van der Waals surface area (Å²) in [4.78, 5) is 7.29. The minimum absolute atomic E-state index is 0.853. The Balaban J connectivity index is 1.78. The number of nitrogens with one attached hydrogen (secondary N) is 1. The van der Waals surface area contributed by atoms with Crippen molar-refractivity contribution in [2.24, 2.45) is 0 Å². The van der Waals surface area contributed by atoms with Crippen LogP contribution in [-0.4, -0.2) is 42.7 Å². The average molecular weight is 247 g/mol. The van der Waals surface area contributed by atoms with E-state index in [4.69, 9.17) is 9.72 Å². The summed E-state index contributed by atoms with van der Waals surface area (Å²) in [5.41, 5.74) is 5.02. The lowest BCUT2D eigenvalue weighted by molar-refractivity contribution is 0.0335. The third kappa shape index (κ3) is 2.49. The quantitative estimate of drug-likeness (QED) is 0.861. The number of anilines is 1. The standard InChI is InChI=1S/C14H21N3O/c1-11-9-13-12(3-2-4-15-13)16-14(11)10-17-5-7-18-8-6-17/h9,15H,2-8,10H2,1H3. The number of aromatic nitrogens is 1. The number of hydrogen-bond donors (Lipinski definition) is 1. The molecule has 98 valence electrons. The minimum atomic E-state index is 0.853. The molecule has 1 saturated heterocycles. The van der Waals surface area contributed by atoms with Crippen LogP contribution in [0.5, 0.6) is 0 Å². The second-order valence-corrected chi connectivity index (χ2v) is 5.17. The number of hydrogen-bond acceptors (Lipinski definition) is 4. The fourth-order valence-corrected chi connectivity index (χ4v) is 2.65. The van der Waals surface area contributed by atoms with Gasteiger partial charge in [0.2, 0.25) is 0 Å². The van der Waals surface area contributed by atoms with Crippen LogP contribution in [-0.2, 0) is 17.7 Å². The van der Waals surface area contributed by atoms with Crippen molar-refractivity contribution in [3.8, 4) is 0 Å². The van der Waals surface area contributed by atoms with Crippen molar-refractivity contribution in [3.05, 3.63) is 23.0 Å². The molecule has 0 atom stereocenters. The summed E-state index contributed by atoms with van der Waals surface area (Å²) in [7, 11) is 0. The molecular formula is C14H21N3O. The van der Waals surface area contributed by atoms with Gasteiger partial charge in [0, 0.05) is 26.2 Å². The lowest BCUT2D eigenvalue weighted by Crippen LogP contribution is -2.36. The van der Waals surface area contributed by atoms with E-state index in [2.05, 4.69) is 23.2 Å². The molecule has 0 spiro atoms. The molecular weight excluding hydrogens is 226 g/mol. The Bertz CT molecular complexity index is 427. The normalized spacial score (nSPS) is 20.3. The monoisotopic (exact) mass is 247 g/mol. The molecule has 1 aromatic heterocycles. The van der Waals surface area contributed by atoms with E-state index >= 15 is 0 Å². The molecule has 0 radical (unpaired) electrons. The Morgan fingerprint density at radius 2 is 2.22 bits per heavy atom. The lowest BCUT2D eigenvalue weighted by atomic mass is 10.1. The molecule has 0 amide bonds. The first kappa shape index (κ1) is 11.9. The van der Waals surface area contributed by atoms with Crippen LogP contribution in [0.25, 0.3) is 0 Å². The summed E-state index contributed by atoms with van der Waals surface area (Å²) in [5, 5.41) is 3.44. The zero-order valence-electron chi connectivity index (χ0n) is 11.0. The minimum Gasteiger partial charge on any atom is -0.384 e. The summed E-state index contributed by atoms with van der Waals surface area (Å²) in [6.07, 6.45) is 2.30. The molecule has 0 unspecified atom stereocenters. The molecule has 4 nitrogen and oxygen atoms in total. The SMILES string of the molecule is Cc1cc2c(nc1CN1CCOCC1)CCCN2. The molecule has 1 aromatic rings. The molecule has 0 saturated carbocycles. The van der Waals surface area contributed by atoms with Gasteiger partial charge in [0.05, 0.1) is 30.3 Å². The molecule has 2 aliphatic rings. The van der Waals surface area contributed by atoms with E-state index in [-0.39, 0.29) is 0 Å². The number of rotatable bonds is 2. The summed E-state index contributed by atoms with van der Waals surface area (Å²) in [6.45, 7) is 7.96. The topological polar surface area (TPSA) is 37.4 Å². The van der Waals surface area contributed by atoms with Gasteiger partial charge in [0.25, 0.3) is 0 Å². The highest BCUT2D eigenvalue weighted by molar-refractivity contribution is 5.52. The Labute approximate surface area is 108 Å². The van der Waals surface area contributed by atoms with Gasteiger partial charge in [-0.15, -0.1) is 0 Å². The van der Waals surface area contributed by atoms with Gasteiger partial charge in [-0.05, 0) is 31.4 Å². The van der Waals surface area contributed by atoms with E-state index in [0.29, 0.717) is 0 Å². The summed E-state index contributed by atoms with van der Waals surface area (Å²) < 4.78 is 5.39. The Kier molecular flexibility index (Phi) is 3.48. The highest BCUT2D eigenvalue weighted by Gasteiger charge is 2.16. The zero-order chi connectivity index (χ0) is 12.4. The molecule has 0 aliphatic carbocycles. The number of fused-ring (bicyclic) bond motifs is 1. The first-order chi connectivity index (χ1) is 8.83. The molecule has 2 aliphatic heterocycles. The van der Waals surface area contributed by atoms with E-state index in [1.54, 1.807) is 0 Å². The third-order valence-electron chi connectivity index (χ3n) is 3.78. The fraction of sp³-hybridized carbons (Fsp3) is 0.643. The summed E-state index contributed by atoms with van der Waals surface area (Å²) in [6, 6.07) is 2.26. The van der Waals surface area contributed by atoms with Crippen LogP contribution in [0.4, 0.5) is 5.69 Å². The van der Waals surface area contributed by atoms with E-state index in [9.17, 15) is 0 Å². The number of ether oxygens (including phenoxy) is 1. The molecule has 0 bridgehead atoms. The summed E-state index contributed by atoms with van der Waals surface area (Å²) in [5.74, 6) is 0. The van der Waals surface area contributed by atoms with Gasteiger partial charge in [0.15, 0.2) is 0 Å². The Morgan fingerprint density at radius 1 is 1.39 bits per heavy atom. The second-order valence-electron chi connectivity index (χ2n) is 5.17. The van der Waals surface area contributed by atoms with Crippen LogP contribution < -0.4 is 5.32 Å². The van der Waals surface area contributed by atoms with Crippen LogP contribution in [0.3, 0.4) is 0 Å². The van der Waals surface area contributed by atoms with E-state index in [1.165, 1.54) is 29.1 Å². The van der Waals surface area contributed by atoms with Crippen molar-refractivity contribution in [2.75, 3.05) is 38.2 Å². The van der Waals surface area contributed by atoms with E-state index in [0.717, 1.165) is 45.8 Å². The molecule has 4 heteroatoms. The highest BCUT2D eigenvalue weighted by Crippen LogP contribution is 2.23. The molecule has 0 aromatic carbocycles. The zero-order valence-corrected chi connectivity index (χ0v) is 11.0. The van der Waals surface area contributed by atoms with E-state index in [1.807, 2.05) is 0 Å². The smallest absolute Gasteiger partial charge is 0.0639 e. The van der Waals surface area contributed by atoms with Crippen LogP contribution >= 0.6 is 0 Å². The average Bonchev–Trinajstić information content (AvgIpc) is 2.41. The van der Waals surface area contributed by atoms with Crippen LogP contribution in [0.2, 0.25) is 0 Å². The van der Waals surface area contributed by atoms with Crippen molar-refractivity contribution in [1.82, 2.24) is 9.88 Å². The first-order valence-electron chi connectivity index (χ1n) is 6.86. The number of pyridine rings is 1. The van der Waals surface area contributed by atoms with Crippen LogP contribution in [0.1, 0.15) is 23.4 Å². The van der Waals surface area contributed by atoms with Crippen LogP contribution in [0.15, 0.2) is 6.07 Å². The molecule has 1 fully saturated rings. The largest absolute Gasteiger partial charge is 0.384 e. The van der Waals surface area contributed by atoms with Crippen molar-refractivity contribution in [1.29, 1.82) is 0 Å². The first-order valence-corrected chi connectivity index (χ1v) is 6.86. The van der Waals surface area contributed by atoms with Gasteiger partial charge in [-0.2, -0.15) is 0 Å². The summed E-state index contributed by atoms with van der Waals surface area (Å²) >= 11 is 0. The fourth-order valence-electron chi connectivity index (χ4n) is 2.65. The molecule has 3 heterocycles. The van der Waals surface area contributed by atoms with Gasteiger partial charge in [-0.25, -0.2) is 0 Å². The van der Waals surface area contributed by atoms with E-state index < -0.39 is 0 Å². The predicted octanol–water partition coefficient (Wildman–Crippen LogP) is 1.58. The number of morpholine rings is 1. The predicted molar refractivity (Wildman–Crippen MR) is 71.9 cm³/mol. The van der Waals surface area contributed by atoms with Crippen molar-refractivity contribution in [2.45, 2.75) is 26.3 Å². The number of aryl methyl sites for hydroxylation is 2. The Hall–Kier alpha value is -1.13. The second kappa shape index (κ2) is 5.24. The molecule has 3 rings (SSSR count). The molecule has 1 N–H and O–H groups in total. The highest BCUT2D eigenvalue weighted by atomic mass is 16.5. The van der Waals surface area contributed by atoms with Crippen molar-refractivity contribution in [3.63, 3.8) is 0 Å². The third-order valence-corrected chi connectivity index (χ3v) is 3.78. The maximum absolute atomic E-state index is 5.39. The maximum Gasteiger partial charge on any atom is 0.0639 e. The van der Waals surface area contributed by atoms with Gasteiger partial charge >= 0.3 is 0 Å². The number of nitrogens with zero attached hydrogens (tertiary/aromatic N) is 2. The maximum atomic E-state index is 5.39. The van der Waals surface area contributed by atoms with Gasteiger partial charge in [-0.3, -0.25) is 9.88 Å². The Morgan fingerprint density at radius 3 is 3.06 bits per heavy atom. The van der Waals surface area contributed by atoms with Crippen molar-refractivity contribution >= 4 is 5.69 Å². The van der Waals surface area contributed by atoms with Gasteiger partial charge in [0.1, 0.15) is 0 Å². The van der Waals surface area contributed by atoms with Gasteiger partial charge in [-0.1, -0.05) is 0 Å². The van der Waals surface area contributed by atoms with Crippen molar-refractivity contribution < 1.29 is 4.74 Å².